The third kappa shape index (κ3) is 8.46. The summed E-state index contributed by atoms with van der Waals surface area (Å²) in [6.45, 7) is 8.78. The number of para-hydroxylation sites is 1. The Balaban J connectivity index is 1.09. The van der Waals surface area contributed by atoms with Crippen molar-refractivity contribution >= 4 is 40.3 Å². The minimum atomic E-state index is -0.949. The molecule has 56 heavy (non-hydrogen) atoms. The third-order valence-electron chi connectivity index (χ3n) is 10.2. The summed E-state index contributed by atoms with van der Waals surface area (Å²) >= 11 is 0. The summed E-state index contributed by atoms with van der Waals surface area (Å²) in [6.07, 6.45) is 3.20. The molecule has 3 aliphatic heterocycles. The second kappa shape index (κ2) is 17.7. The first-order chi connectivity index (χ1) is 27.3. The minimum absolute atomic E-state index is 0.107. The van der Waals surface area contributed by atoms with E-state index in [1.807, 2.05) is 36.5 Å². The van der Waals surface area contributed by atoms with Gasteiger partial charge in [0.15, 0.2) is 11.5 Å². The number of carbonyl (C=O) groups excluding carboxylic acids is 1. The number of ether oxygens (including phenoxy) is 8. The highest BCUT2D eigenvalue weighted by Crippen LogP contribution is 2.55. The molecule has 0 bridgehead atoms. The van der Waals surface area contributed by atoms with Gasteiger partial charge in [0.1, 0.15) is 30.4 Å². The molecule has 296 valence electrons. The molecule has 0 amide bonds. The van der Waals surface area contributed by atoms with Crippen LogP contribution in [0.5, 0.6) is 23.0 Å². The van der Waals surface area contributed by atoms with Crippen molar-refractivity contribution in [3.63, 3.8) is 0 Å². The van der Waals surface area contributed by atoms with Gasteiger partial charge < -0.3 is 47.9 Å². The summed E-state index contributed by atoms with van der Waals surface area (Å²) in [4.78, 5) is 32.1. The summed E-state index contributed by atoms with van der Waals surface area (Å²) in [5.41, 5.74) is 1.63. The average Bonchev–Trinajstić information content (AvgIpc) is 3.37. The molecule has 1 spiro atoms. The van der Waals surface area contributed by atoms with Gasteiger partial charge in [0.05, 0.1) is 70.0 Å². The van der Waals surface area contributed by atoms with Crippen molar-refractivity contribution < 1.29 is 52.6 Å². The number of hydrogen-bond acceptors (Lipinski definition) is 12. The molecule has 1 unspecified atom stereocenters. The molecule has 3 aliphatic rings. The van der Waals surface area contributed by atoms with Crippen molar-refractivity contribution in [3.05, 3.63) is 83.9 Å². The van der Waals surface area contributed by atoms with Gasteiger partial charge in [-0.1, -0.05) is 30.3 Å². The van der Waals surface area contributed by atoms with Crippen LogP contribution in [0, 0.1) is 0 Å². The molecule has 0 saturated carbocycles. The molecule has 0 radical (unpaired) electrons. The average molecular weight is 769 g/mol. The van der Waals surface area contributed by atoms with Crippen LogP contribution < -0.4 is 23.8 Å². The van der Waals surface area contributed by atoms with E-state index in [0.717, 1.165) is 22.0 Å². The number of hydrogen-bond donors (Lipinski definition) is 1. The fourth-order valence-electron chi connectivity index (χ4n) is 7.30. The SMILES string of the molecule is CC1(C)c2ccccc2N(CCCCC(=O)O)C12C=Nc1c(ccc3ccc(OC(=O)c4ccc5c(c4)OCCOCCOCCOCCOCCO5)cc13)O2. The molecule has 0 aromatic heterocycles. The highest BCUT2D eigenvalue weighted by molar-refractivity contribution is 6.01. The number of fused-ring (bicyclic) bond motifs is 5. The van der Waals surface area contributed by atoms with Crippen molar-refractivity contribution in [2.45, 2.75) is 44.2 Å². The van der Waals surface area contributed by atoms with Gasteiger partial charge in [-0.2, -0.15) is 0 Å². The lowest BCUT2D eigenvalue weighted by atomic mass is 9.77. The molecule has 0 fully saturated rings. The quantitative estimate of drug-likeness (QED) is 0.121. The van der Waals surface area contributed by atoms with Gasteiger partial charge in [0.25, 0.3) is 0 Å². The summed E-state index contributed by atoms with van der Waals surface area (Å²) in [5.74, 6) is 0.400. The number of anilines is 1. The maximum Gasteiger partial charge on any atom is 0.343 e. The Hall–Kier alpha value is -5.21. The lowest BCUT2D eigenvalue weighted by molar-refractivity contribution is -0.137. The maximum atomic E-state index is 13.6. The lowest BCUT2D eigenvalue weighted by Crippen LogP contribution is -2.62. The number of unbranched alkanes of at least 4 members (excludes halogenated alkanes) is 1. The Morgan fingerprint density at radius 1 is 0.750 bits per heavy atom. The molecular weight excluding hydrogens is 720 g/mol. The van der Waals surface area contributed by atoms with Crippen LogP contribution in [0.1, 0.15) is 49.0 Å². The fourth-order valence-corrected chi connectivity index (χ4v) is 7.30. The topological polar surface area (TPSA) is 144 Å². The number of benzene rings is 4. The number of rotatable bonds is 7. The van der Waals surface area contributed by atoms with Crippen LogP contribution in [0.2, 0.25) is 0 Å². The summed E-state index contributed by atoms with van der Waals surface area (Å²) < 4.78 is 47.1. The maximum absolute atomic E-state index is 13.6. The zero-order chi connectivity index (χ0) is 39.0. The van der Waals surface area contributed by atoms with Crippen LogP contribution in [0.4, 0.5) is 11.4 Å². The molecule has 13 nitrogen and oxygen atoms in total. The second-order valence-corrected chi connectivity index (χ2v) is 14.2. The standard InChI is InChI=1S/C43H48N2O11/c1-42(2)34-7-3-4-8-35(34)45(16-6-5-9-39(46)47)43(42)29-44-40-33-28-32(13-10-30(33)11-15-37(40)56-43)55-41(48)31-12-14-36-38(27-31)54-26-24-52-22-20-50-18-17-49-19-21-51-23-25-53-36/h3-4,7-8,10-15,27-29H,5-6,9,16-26H2,1-2H3,(H,46,47). The molecule has 4 aromatic rings. The Bertz CT molecular complexity index is 2050. The van der Waals surface area contributed by atoms with E-state index < -0.39 is 23.1 Å². The Labute approximate surface area is 326 Å². The Morgan fingerprint density at radius 3 is 2.11 bits per heavy atom. The van der Waals surface area contributed by atoms with Crippen LogP contribution in [-0.4, -0.2) is 102 Å². The van der Waals surface area contributed by atoms with Crippen LogP contribution in [0.25, 0.3) is 10.8 Å². The molecule has 13 heteroatoms. The molecule has 1 N–H and O–H groups in total. The third-order valence-corrected chi connectivity index (χ3v) is 10.2. The van der Waals surface area contributed by atoms with Gasteiger partial charge >= 0.3 is 11.9 Å². The number of aliphatic imine (C=N–C) groups is 1. The highest BCUT2D eigenvalue weighted by atomic mass is 16.6. The largest absolute Gasteiger partial charge is 0.487 e. The molecule has 4 aromatic carbocycles. The van der Waals surface area contributed by atoms with Crippen molar-refractivity contribution in [2.75, 3.05) is 77.5 Å². The molecule has 7 rings (SSSR count). The van der Waals surface area contributed by atoms with Gasteiger partial charge in [-0.25, -0.2) is 4.79 Å². The summed E-state index contributed by atoms with van der Waals surface area (Å²) in [7, 11) is 0. The van der Waals surface area contributed by atoms with Crippen molar-refractivity contribution in [3.8, 4) is 23.0 Å². The minimum Gasteiger partial charge on any atom is -0.487 e. The number of esters is 1. The summed E-state index contributed by atoms with van der Waals surface area (Å²) in [5, 5.41) is 10.9. The van der Waals surface area contributed by atoms with Gasteiger partial charge in [-0.05, 0) is 80.1 Å². The molecule has 3 heterocycles. The van der Waals surface area contributed by atoms with Crippen molar-refractivity contribution in [2.24, 2.45) is 4.99 Å². The van der Waals surface area contributed by atoms with Crippen LogP contribution in [0.15, 0.2) is 77.8 Å². The molecule has 0 saturated heterocycles. The van der Waals surface area contributed by atoms with Crippen LogP contribution in [-0.2, 0) is 29.2 Å². The zero-order valence-corrected chi connectivity index (χ0v) is 31.8. The van der Waals surface area contributed by atoms with E-state index >= 15 is 0 Å². The van der Waals surface area contributed by atoms with Gasteiger partial charge in [-0.15, -0.1) is 0 Å². The van der Waals surface area contributed by atoms with Crippen LogP contribution in [0.3, 0.4) is 0 Å². The van der Waals surface area contributed by atoms with E-state index in [0.29, 0.717) is 101 Å². The van der Waals surface area contributed by atoms with Crippen LogP contribution >= 0.6 is 0 Å². The smallest absolute Gasteiger partial charge is 0.343 e. The van der Waals surface area contributed by atoms with Gasteiger partial charge in [-0.3, -0.25) is 9.79 Å². The van der Waals surface area contributed by atoms with E-state index in [4.69, 9.17) is 42.9 Å². The molecular formula is C43H48N2O11. The number of carboxylic acid groups (broad SMARTS) is 1. The van der Waals surface area contributed by atoms with E-state index in [-0.39, 0.29) is 25.2 Å². The monoisotopic (exact) mass is 768 g/mol. The van der Waals surface area contributed by atoms with E-state index in [2.05, 4.69) is 30.9 Å². The first kappa shape index (κ1) is 39.0. The summed E-state index contributed by atoms with van der Waals surface area (Å²) in [6, 6.07) is 22.4. The lowest BCUT2D eigenvalue weighted by Gasteiger charge is -2.46. The number of nitrogens with zero attached hydrogens (tertiary/aromatic N) is 2. The molecule has 0 aliphatic carbocycles. The normalized spacial score (nSPS) is 20.0. The second-order valence-electron chi connectivity index (χ2n) is 14.2. The van der Waals surface area contributed by atoms with Crippen molar-refractivity contribution in [1.82, 2.24) is 0 Å². The predicted octanol–water partition coefficient (Wildman–Crippen LogP) is 6.74. The Kier molecular flexibility index (Phi) is 12.4. The first-order valence-electron chi connectivity index (χ1n) is 19.1. The van der Waals surface area contributed by atoms with E-state index in [1.165, 1.54) is 0 Å². The van der Waals surface area contributed by atoms with Gasteiger partial charge in [0, 0.05) is 24.0 Å². The highest BCUT2D eigenvalue weighted by Gasteiger charge is 2.59. The fraction of sp³-hybridized carbons (Fsp3) is 0.419. The van der Waals surface area contributed by atoms with E-state index in [1.54, 1.807) is 30.3 Å². The number of aliphatic carboxylic acids is 1. The van der Waals surface area contributed by atoms with Gasteiger partial charge in [0.2, 0.25) is 5.72 Å². The predicted molar refractivity (Wildman–Crippen MR) is 209 cm³/mol. The zero-order valence-electron chi connectivity index (χ0n) is 31.8. The first-order valence-corrected chi connectivity index (χ1v) is 19.1. The van der Waals surface area contributed by atoms with Crippen molar-refractivity contribution in [1.29, 1.82) is 0 Å². The molecule has 1 atom stereocenters. The number of carbonyl (C=O) groups is 2. The number of carboxylic acids is 1. The van der Waals surface area contributed by atoms with E-state index in [9.17, 15) is 14.7 Å². The Morgan fingerprint density at radius 2 is 1.39 bits per heavy atom.